The summed E-state index contributed by atoms with van der Waals surface area (Å²) >= 11 is 3.55. The Morgan fingerprint density at radius 3 is 2.15 bits per heavy atom. The highest BCUT2D eigenvalue weighted by Crippen LogP contribution is 2.39. The number of methoxy groups -OCH3 is 1. The van der Waals surface area contributed by atoms with Gasteiger partial charge in [-0.3, -0.25) is 0 Å². The van der Waals surface area contributed by atoms with Gasteiger partial charge >= 0.3 is 0 Å². The van der Waals surface area contributed by atoms with Gasteiger partial charge < -0.3 is 4.74 Å². The number of hydrogen-bond acceptors (Lipinski definition) is 1. The molecule has 0 unspecified atom stereocenters. The van der Waals surface area contributed by atoms with Gasteiger partial charge in [0.2, 0.25) is 0 Å². The van der Waals surface area contributed by atoms with Crippen molar-refractivity contribution in [1.82, 2.24) is 0 Å². The van der Waals surface area contributed by atoms with Gasteiger partial charge in [-0.1, -0.05) is 71.9 Å². The molecule has 1 aliphatic heterocycles. The van der Waals surface area contributed by atoms with Crippen LogP contribution in [0.5, 0.6) is 0 Å². The fourth-order valence-electron chi connectivity index (χ4n) is 5.32. The first-order valence-corrected chi connectivity index (χ1v) is 14.2. The number of rotatable bonds is 8. The Balaban J connectivity index is 1.30. The Bertz CT molecular complexity index is 501. The van der Waals surface area contributed by atoms with E-state index in [1.54, 1.807) is 30.5 Å². The van der Waals surface area contributed by atoms with Crippen LogP contribution in [0, 0.1) is 11.8 Å². The van der Waals surface area contributed by atoms with Gasteiger partial charge in [-0.25, -0.2) is 0 Å². The van der Waals surface area contributed by atoms with E-state index in [1.165, 1.54) is 55.5 Å². The molecule has 0 atom stereocenters. The summed E-state index contributed by atoms with van der Waals surface area (Å²) in [4.78, 5) is 0. The molecule has 1 heterocycles. The molecule has 1 aliphatic carbocycles. The lowest BCUT2D eigenvalue weighted by Crippen LogP contribution is -2.22. The van der Waals surface area contributed by atoms with Gasteiger partial charge in [0.05, 0.1) is 0 Å². The van der Waals surface area contributed by atoms with Crippen LogP contribution in [0.15, 0.2) is 28.7 Å². The maximum atomic E-state index is 5.22. The van der Waals surface area contributed by atoms with Gasteiger partial charge in [-0.05, 0) is 67.6 Å². The topological polar surface area (TPSA) is 9.23 Å². The summed E-state index contributed by atoms with van der Waals surface area (Å²) in [5.41, 5.74) is 1.56. The highest BCUT2D eigenvalue weighted by molar-refractivity contribution is 9.10. The van der Waals surface area contributed by atoms with Crippen LogP contribution in [0.25, 0.3) is 0 Å². The number of halogens is 1. The minimum absolute atomic E-state index is 0.386. The van der Waals surface area contributed by atoms with Crippen LogP contribution in [0.2, 0.25) is 18.1 Å². The monoisotopic (exact) mass is 436 g/mol. The second-order valence-corrected chi connectivity index (χ2v) is 13.2. The summed E-state index contributed by atoms with van der Waals surface area (Å²) in [5.74, 6) is 2.89. The van der Waals surface area contributed by atoms with E-state index < -0.39 is 0 Å². The molecule has 1 aromatic rings. The molecule has 2 aliphatic rings. The summed E-state index contributed by atoms with van der Waals surface area (Å²) in [6.45, 7) is 0.982. The SMILES string of the molecule is COCCC[Si@H]1CC[C@H](CCC2CCC(c3ccc(Br)cc3)CC2)CC1. The van der Waals surface area contributed by atoms with Crippen molar-refractivity contribution in [2.45, 2.75) is 81.8 Å². The van der Waals surface area contributed by atoms with E-state index in [4.69, 9.17) is 4.74 Å². The maximum absolute atomic E-state index is 5.22. The van der Waals surface area contributed by atoms with Crippen molar-refractivity contribution in [3.63, 3.8) is 0 Å². The molecule has 1 saturated carbocycles. The number of hydrogen-bond donors (Lipinski definition) is 0. The average Bonchev–Trinajstić information content (AvgIpc) is 2.69. The van der Waals surface area contributed by atoms with E-state index in [0.29, 0.717) is 0 Å². The van der Waals surface area contributed by atoms with Gasteiger partial charge in [0.25, 0.3) is 0 Å². The van der Waals surface area contributed by atoms with Gasteiger partial charge in [0, 0.05) is 27.0 Å². The Morgan fingerprint density at radius 1 is 0.923 bits per heavy atom. The van der Waals surface area contributed by atoms with E-state index in [1.807, 2.05) is 7.11 Å². The van der Waals surface area contributed by atoms with Crippen molar-refractivity contribution in [2.24, 2.45) is 11.8 Å². The Morgan fingerprint density at radius 2 is 1.54 bits per heavy atom. The molecule has 1 nitrogen and oxygen atoms in total. The smallest absolute Gasteiger partial charge is 0.0459 e. The highest BCUT2D eigenvalue weighted by Gasteiger charge is 2.25. The molecule has 0 amide bonds. The molecule has 146 valence electrons. The largest absolute Gasteiger partial charge is 0.385 e. The number of ether oxygens (including phenoxy) is 1. The zero-order valence-electron chi connectivity index (χ0n) is 16.6. The second-order valence-electron chi connectivity index (χ2n) is 8.87. The molecule has 26 heavy (non-hydrogen) atoms. The second kappa shape index (κ2) is 11.0. The third kappa shape index (κ3) is 6.49. The van der Waals surface area contributed by atoms with E-state index in [-0.39, 0.29) is 8.80 Å². The summed E-state index contributed by atoms with van der Waals surface area (Å²) in [6, 6.07) is 13.8. The first-order chi connectivity index (χ1) is 12.7. The van der Waals surface area contributed by atoms with Gasteiger partial charge in [0.15, 0.2) is 0 Å². The van der Waals surface area contributed by atoms with Crippen LogP contribution in [0.1, 0.15) is 69.3 Å². The number of benzene rings is 1. The first-order valence-electron chi connectivity index (χ1n) is 11.0. The third-order valence-electron chi connectivity index (χ3n) is 7.10. The van der Waals surface area contributed by atoms with Crippen molar-refractivity contribution in [2.75, 3.05) is 13.7 Å². The molecule has 0 radical (unpaired) electrons. The zero-order chi connectivity index (χ0) is 18.2. The van der Waals surface area contributed by atoms with Crippen LogP contribution in [-0.2, 0) is 4.74 Å². The molecule has 0 bridgehead atoms. The van der Waals surface area contributed by atoms with E-state index in [2.05, 4.69) is 40.2 Å². The molecule has 0 spiro atoms. The fourth-order valence-corrected chi connectivity index (χ4v) is 9.08. The van der Waals surface area contributed by atoms with E-state index in [0.717, 1.165) is 24.4 Å². The van der Waals surface area contributed by atoms with Crippen LogP contribution in [0.4, 0.5) is 0 Å². The van der Waals surface area contributed by atoms with Crippen LogP contribution in [0.3, 0.4) is 0 Å². The zero-order valence-corrected chi connectivity index (χ0v) is 19.3. The fraction of sp³-hybridized carbons (Fsp3) is 0.739. The molecule has 0 aromatic heterocycles. The average molecular weight is 438 g/mol. The lowest BCUT2D eigenvalue weighted by Gasteiger charge is -2.32. The molecule has 2 fully saturated rings. The molecular weight excluding hydrogens is 400 g/mol. The summed E-state index contributed by atoms with van der Waals surface area (Å²) in [6.07, 6.45) is 13.2. The summed E-state index contributed by atoms with van der Waals surface area (Å²) in [7, 11) is 1.45. The molecule has 1 saturated heterocycles. The quantitative estimate of drug-likeness (QED) is 0.309. The van der Waals surface area contributed by atoms with Gasteiger partial charge in [-0.15, -0.1) is 0 Å². The van der Waals surface area contributed by atoms with Crippen molar-refractivity contribution >= 4 is 24.7 Å². The van der Waals surface area contributed by atoms with E-state index >= 15 is 0 Å². The van der Waals surface area contributed by atoms with Crippen molar-refractivity contribution in [1.29, 1.82) is 0 Å². The molecular formula is C23H37BrOSi. The molecule has 3 rings (SSSR count). The van der Waals surface area contributed by atoms with E-state index in [9.17, 15) is 0 Å². The molecule has 3 heteroatoms. The minimum Gasteiger partial charge on any atom is -0.385 e. The third-order valence-corrected chi connectivity index (χ3v) is 11.2. The van der Waals surface area contributed by atoms with Crippen LogP contribution in [-0.4, -0.2) is 22.5 Å². The summed E-state index contributed by atoms with van der Waals surface area (Å²) < 4.78 is 6.42. The predicted octanol–water partition coefficient (Wildman–Crippen LogP) is 7.18. The standard InChI is InChI=1S/C23H37BrOSi/c1-25-15-2-16-26-17-13-20(14-18-26)4-3-19-5-7-21(8-6-19)22-9-11-23(24)12-10-22/h9-12,19-21,26H,2-8,13-18H2,1H3/t19?,20-,21?,26-. The van der Waals surface area contributed by atoms with Crippen molar-refractivity contribution in [3.8, 4) is 0 Å². The Labute approximate surface area is 171 Å². The highest BCUT2D eigenvalue weighted by atomic mass is 79.9. The first kappa shape index (κ1) is 20.6. The molecule has 0 N–H and O–H groups in total. The van der Waals surface area contributed by atoms with Crippen LogP contribution < -0.4 is 0 Å². The van der Waals surface area contributed by atoms with Crippen LogP contribution >= 0.6 is 15.9 Å². The normalized spacial score (nSPS) is 29.6. The maximum Gasteiger partial charge on any atom is 0.0459 e. The summed E-state index contributed by atoms with van der Waals surface area (Å²) in [5, 5.41) is 0. The Hall–Kier alpha value is -0.123. The molecule has 1 aromatic carbocycles. The lowest BCUT2D eigenvalue weighted by molar-refractivity contribution is 0.199. The van der Waals surface area contributed by atoms with Gasteiger partial charge in [0.1, 0.15) is 0 Å². The minimum atomic E-state index is -0.386. The lowest BCUT2D eigenvalue weighted by atomic mass is 9.76. The van der Waals surface area contributed by atoms with Crippen molar-refractivity contribution in [3.05, 3.63) is 34.3 Å². The van der Waals surface area contributed by atoms with Gasteiger partial charge in [-0.2, -0.15) is 0 Å². The Kier molecular flexibility index (Phi) is 8.73. The predicted molar refractivity (Wildman–Crippen MR) is 119 cm³/mol. The van der Waals surface area contributed by atoms with Crippen molar-refractivity contribution < 1.29 is 4.74 Å².